The Bertz CT molecular complexity index is 1070. The minimum Gasteiger partial charge on any atom is -0.345 e. The zero-order valence-corrected chi connectivity index (χ0v) is 18.9. The Kier molecular flexibility index (Phi) is 7.58. The number of rotatable bonds is 9. The van der Waals surface area contributed by atoms with E-state index >= 15 is 0 Å². The summed E-state index contributed by atoms with van der Waals surface area (Å²) in [7, 11) is 0. The van der Waals surface area contributed by atoms with Crippen LogP contribution in [0.2, 0.25) is 0 Å². The predicted molar refractivity (Wildman–Crippen MR) is 124 cm³/mol. The van der Waals surface area contributed by atoms with Gasteiger partial charge in [0.25, 0.3) is 11.5 Å². The molecule has 31 heavy (non-hydrogen) atoms. The van der Waals surface area contributed by atoms with Gasteiger partial charge in [0.15, 0.2) is 12.4 Å². The normalized spacial score (nSPS) is 13.3. The lowest BCUT2D eigenvalue weighted by Gasteiger charge is -2.19. The van der Waals surface area contributed by atoms with Gasteiger partial charge in [-0.2, -0.15) is 0 Å². The van der Waals surface area contributed by atoms with Crippen molar-refractivity contribution in [3.63, 3.8) is 0 Å². The van der Waals surface area contributed by atoms with Crippen LogP contribution in [0.25, 0.3) is 10.9 Å². The lowest BCUT2D eigenvalue weighted by Crippen LogP contribution is -3.11. The van der Waals surface area contributed by atoms with Crippen molar-refractivity contribution < 1.29 is 9.69 Å². The standard InChI is InChI=1S/C25H32N4O2/c1-5-29(15-23-27-22-9-7-6-8-21(22)25(31)28-23)16-24(30)26-18(4)20-12-10-19(11-13-20)14-17(2)3/h6-13,17-18H,5,14-16H2,1-4H3,(H,26,30)(H,27,28,31)/p+1/t18-/m0/s1. The number of carbonyl (C=O) groups is 1. The number of para-hydroxylation sites is 1. The average molecular weight is 422 g/mol. The summed E-state index contributed by atoms with van der Waals surface area (Å²) >= 11 is 0. The van der Waals surface area contributed by atoms with Gasteiger partial charge in [-0.05, 0) is 49.4 Å². The Balaban J connectivity index is 1.60. The van der Waals surface area contributed by atoms with Crippen molar-refractivity contribution in [3.8, 4) is 0 Å². The van der Waals surface area contributed by atoms with Gasteiger partial charge in [0, 0.05) is 0 Å². The van der Waals surface area contributed by atoms with Crippen LogP contribution in [0.5, 0.6) is 0 Å². The number of hydrogen-bond acceptors (Lipinski definition) is 3. The molecule has 3 aromatic rings. The molecule has 0 aliphatic rings. The van der Waals surface area contributed by atoms with Crippen molar-refractivity contribution in [2.75, 3.05) is 13.1 Å². The summed E-state index contributed by atoms with van der Waals surface area (Å²) < 4.78 is 0. The summed E-state index contributed by atoms with van der Waals surface area (Å²) in [6.45, 7) is 10.0. The molecule has 0 saturated heterocycles. The predicted octanol–water partition coefficient (Wildman–Crippen LogP) is 2.40. The van der Waals surface area contributed by atoms with Gasteiger partial charge < -0.3 is 15.2 Å². The lowest BCUT2D eigenvalue weighted by atomic mass is 10.00. The van der Waals surface area contributed by atoms with Crippen molar-refractivity contribution in [1.29, 1.82) is 0 Å². The summed E-state index contributed by atoms with van der Waals surface area (Å²) in [5, 5.41) is 3.67. The fourth-order valence-electron chi connectivity index (χ4n) is 3.78. The molecule has 0 aliphatic heterocycles. The largest absolute Gasteiger partial charge is 0.345 e. The molecule has 164 valence electrons. The molecule has 0 fully saturated rings. The summed E-state index contributed by atoms with van der Waals surface area (Å²) in [6, 6.07) is 15.7. The number of aromatic amines is 1. The fraction of sp³-hybridized carbons (Fsp3) is 0.400. The highest BCUT2D eigenvalue weighted by Crippen LogP contribution is 2.15. The van der Waals surface area contributed by atoms with E-state index in [1.807, 2.05) is 32.0 Å². The lowest BCUT2D eigenvalue weighted by molar-refractivity contribution is -0.904. The third-order valence-corrected chi connectivity index (χ3v) is 5.49. The molecule has 0 radical (unpaired) electrons. The molecule has 2 atom stereocenters. The molecule has 1 amide bonds. The molecular weight excluding hydrogens is 388 g/mol. The second-order valence-electron chi connectivity index (χ2n) is 8.62. The van der Waals surface area contributed by atoms with E-state index < -0.39 is 0 Å². The van der Waals surface area contributed by atoms with E-state index in [4.69, 9.17) is 0 Å². The van der Waals surface area contributed by atoms with Gasteiger partial charge in [-0.3, -0.25) is 9.59 Å². The molecule has 6 heteroatoms. The maximum Gasteiger partial charge on any atom is 0.275 e. The first kappa shape index (κ1) is 22.7. The monoisotopic (exact) mass is 421 g/mol. The molecule has 0 spiro atoms. The summed E-state index contributed by atoms with van der Waals surface area (Å²) in [4.78, 5) is 33.4. The Morgan fingerprint density at radius 2 is 1.81 bits per heavy atom. The minimum absolute atomic E-state index is 0.0151. The van der Waals surface area contributed by atoms with Crippen molar-refractivity contribution in [2.24, 2.45) is 5.92 Å². The molecule has 3 N–H and O–H groups in total. The maximum atomic E-state index is 12.7. The number of amides is 1. The number of likely N-dealkylation sites (N-methyl/N-ethyl adjacent to an activating group) is 1. The van der Waals surface area contributed by atoms with Crippen LogP contribution in [-0.4, -0.2) is 29.0 Å². The number of nitrogens with zero attached hydrogens (tertiary/aromatic N) is 1. The number of fused-ring (bicyclic) bond motifs is 1. The van der Waals surface area contributed by atoms with Gasteiger partial charge in [0.1, 0.15) is 6.54 Å². The molecule has 1 unspecified atom stereocenters. The highest BCUT2D eigenvalue weighted by atomic mass is 16.2. The van der Waals surface area contributed by atoms with Crippen LogP contribution in [0.1, 0.15) is 50.7 Å². The topological polar surface area (TPSA) is 79.3 Å². The summed E-state index contributed by atoms with van der Waals surface area (Å²) in [5.74, 6) is 1.21. The SMILES string of the molecule is CC[NH+](CC(=O)N[C@@H](C)c1ccc(CC(C)C)cc1)Cc1nc2ccccc2c(=O)[nH]1. The molecule has 1 heterocycles. The molecule has 0 bridgehead atoms. The molecule has 6 nitrogen and oxygen atoms in total. The van der Waals surface area contributed by atoms with Gasteiger partial charge in [-0.15, -0.1) is 0 Å². The van der Waals surface area contributed by atoms with Gasteiger partial charge >= 0.3 is 0 Å². The summed E-state index contributed by atoms with van der Waals surface area (Å²) in [6.07, 6.45) is 1.06. The zero-order chi connectivity index (χ0) is 22.4. The first-order chi connectivity index (χ1) is 14.9. The van der Waals surface area contributed by atoms with Crippen LogP contribution in [0.15, 0.2) is 53.3 Å². The van der Waals surface area contributed by atoms with Crippen LogP contribution >= 0.6 is 0 Å². The van der Waals surface area contributed by atoms with Crippen LogP contribution < -0.4 is 15.8 Å². The van der Waals surface area contributed by atoms with Crippen molar-refractivity contribution in [1.82, 2.24) is 15.3 Å². The molecule has 3 rings (SSSR count). The molecule has 0 aliphatic carbocycles. The highest BCUT2D eigenvalue weighted by molar-refractivity contribution is 5.77. The van der Waals surface area contributed by atoms with E-state index in [1.165, 1.54) is 5.56 Å². The van der Waals surface area contributed by atoms with E-state index in [1.54, 1.807) is 6.07 Å². The van der Waals surface area contributed by atoms with Gasteiger partial charge in [0.05, 0.1) is 23.5 Å². The molecular formula is C25H33N4O2+. The molecule has 2 aromatic carbocycles. The third-order valence-electron chi connectivity index (χ3n) is 5.49. The number of H-pyrrole nitrogens is 1. The minimum atomic E-state index is -0.143. The third kappa shape index (κ3) is 6.25. The Morgan fingerprint density at radius 1 is 1.10 bits per heavy atom. The molecule has 1 aromatic heterocycles. The van der Waals surface area contributed by atoms with Crippen LogP contribution in [0.4, 0.5) is 0 Å². The van der Waals surface area contributed by atoms with E-state index in [-0.39, 0.29) is 17.5 Å². The van der Waals surface area contributed by atoms with Crippen LogP contribution in [0, 0.1) is 5.92 Å². The number of benzene rings is 2. The number of aromatic nitrogens is 2. The zero-order valence-electron chi connectivity index (χ0n) is 18.9. The second-order valence-corrected chi connectivity index (χ2v) is 8.62. The number of quaternary nitrogens is 1. The first-order valence-corrected chi connectivity index (χ1v) is 11.1. The second kappa shape index (κ2) is 10.4. The average Bonchev–Trinajstić information content (AvgIpc) is 2.73. The summed E-state index contributed by atoms with van der Waals surface area (Å²) in [5.41, 5.74) is 2.95. The van der Waals surface area contributed by atoms with Crippen molar-refractivity contribution in [2.45, 2.75) is 46.7 Å². The van der Waals surface area contributed by atoms with E-state index in [9.17, 15) is 9.59 Å². The molecule has 0 saturated carbocycles. The number of nitrogens with one attached hydrogen (secondary N) is 3. The highest BCUT2D eigenvalue weighted by Gasteiger charge is 2.17. The smallest absolute Gasteiger partial charge is 0.275 e. The maximum absolute atomic E-state index is 12.7. The quantitative estimate of drug-likeness (QED) is 0.496. The van der Waals surface area contributed by atoms with Crippen LogP contribution in [-0.2, 0) is 17.8 Å². The number of carbonyl (C=O) groups excluding carboxylic acids is 1. The van der Waals surface area contributed by atoms with E-state index in [0.29, 0.717) is 35.7 Å². The van der Waals surface area contributed by atoms with Crippen molar-refractivity contribution in [3.05, 3.63) is 75.8 Å². The fourth-order valence-corrected chi connectivity index (χ4v) is 3.78. The van der Waals surface area contributed by atoms with Crippen LogP contribution in [0.3, 0.4) is 0 Å². The first-order valence-electron chi connectivity index (χ1n) is 11.1. The Labute approximate surface area is 183 Å². The Hall–Kier alpha value is -2.99. The van der Waals surface area contributed by atoms with Gasteiger partial charge in [0.2, 0.25) is 0 Å². The van der Waals surface area contributed by atoms with E-state index in [0.717, 1.165) is 23.4 Å². The number of hydrogen-bond donors (Lipinski definition) is 3. The Morgan fingerprint density at radius 3 is 2.48 bits per heavy atom. The van der Waals surface area contributed by atoms with E-state index in [2.05, 4.69) is 53.4 Å². The van der Waals surface area contributed by atoms with Gasteiger partial charge in [-0.25, -0.2) is 4.98 Å². The van der Waals surface area contributed by atoms with Crippen molar-refractivity contribution >= 4 is 16.8 Å². The van der Waals surface area contributed by atoms with Gasteiger partial charge in [-0.1, -0.05) is 50.2 Å².